The third-order valence-electron chi connectivity index (χ3n) is 5.15. The highest BCUT2D eigenvalue weighted by atomic mass is 16.5. The highest BCUT2D eigenvalue weighted by Crippen LogP contribution is 2.17. The first-order chi connectivity index (χ1) is 15.0. The number of nitrogen functional groups attached to an aromatic ring is 1. The summed E-state index contributed by atoms with van der Waals surface area (Å²) in [4.78, 5) is 11.3. The topological polar surface area (TPSA) is 128 Å². The van der Waals surface area contributed by atoms with Crippen molar-refractivity contribution in [1.29, 1.82) is 0 Å². The number of phenolic OH excluding ortho intramolecular Hbond substituents is 1. The number of aromatic hydroxyl groups is 1. The van der Waals surface area contributed by atoms with Gasteiger partial charge in [-0.25, -0.2) is 0 Å². The zero-order valence-corrected chi connectivity index (χ0v) is 17.8. The molecule has 0 atom stereocenters. The van der Waals surface area contributed by atoms with E-state index in [-0.39, 0.29) is 11.7 Å². The Morgan fingerprint density at radius 3 is 2.61 bits per heavy atom. The van der Waals surface area contributed by atoms with Crippen LogP contribution in [0.4, 0.5) is 5.82 Å². The lowest BCUT2D eigenvalue weighted by molar-refractivity contribution is -0.122. The van der Waals surface area contributed by atoms with Crippen LogP contribution in [-0.4, -0.2) is 50.6 Å². The van der Waals surface area contributed by atoms with Crippen LogP contribution in [0.25, 0.3) is 5.65 Å². The Balaban J connectivity index is 0.000000187. The maximum atomic E-state index is 11.3. The minimum absolute atomic E-state index is 0.133. The smallest absolute Gasteiger partial charge is 0.222 e. The van der Waals surface area contributed by atoms with E-state index in [9.17, 15) is 9.90 Å². The molecule has 1 saturated carbocycles. The molecule has 2 heterocycles. The van der Waals surface area contributed by atoms with Gasteiger partial charge in [0.2, 0.25) is 5.91 Å². The van der Waals surface area contributed by atoms with E-state index in [0.29, 0.717) is 42.8 Å². The summed E-state index contributed by atoms with van der Waals surface area (Å²) in [6.45, 7) is 0.526. The van der Waals surface area contributed by atoms with Gasteiger partial charge in [-0.05, 0) is 42.7 Å². The van der Waals surface area contributed by atoms with Crippen molar-refractivity contribution in [2.45, 2.75) is 51.0 Å². The first-order valence-corrected chi connectivity index (χ1v) is 10.6. The number of amides is 1. The summed E-state index contributed by atoms with van der Waals surface area (Å²) in [7, 11) is 1.62. The maximum Gasteiger partial charge on any atom is 0.222 e. The Morgan fingerprint density at radius 2 is 1.90 bits per heavy atom. The number of aromatic nitrogens is 4. The predicted molar refractivity (Wildman–Crippen MR) is 118 cm³/mol. The number of ether oxygens (including phenoxy) is 1. The van der Waals surface area contributed by atoms with Crippen LogP contribution in [0.15, 0.2) is 36.4 Å². The van der Waals surface area contributed by atoms with Gasteiger partial charge in [-0.1, -0.05) is 31.4 Å². The number of benzene rings is 1. The van der Waals surface area contributed by atoms with Gasteiger partial charge >= 0.3 is 0 Å². The largest absolute Gasteiger partial charge is 0.508 e. The highest BCUT2D eigenvalue weighted by molar-refractivity contribution is 5.76. The van der Waals surface area contributed by atoms with Crippen LogP contribution in [0, 0.1) is 0 Å². The molecule has 1 amide bonds. The number of nitrogens with one attached hydrogen (secondary N) is 1. The fourth-order valence-corrected chi connectivity index (χ4v) is 3.50. The number of carbonyl (C=O) groups excluding carboxylic acids is 1. The number of anilines is 1. The first-order valence-electron chi connectivity index (χ1n) is 10.6. The zero-order valence-electron chi connectivity index (χ0n) is 17.8. The second-order valence-electron chi connectivity index (χ2n) is 7.63. The van der Waals surface area contributed by atoms with Crippen molar-refractivity contribution in [1.82, 2.24) is 25.1 Å². The zero-order chi connectivity index (χ0) is 22.1. The average Bonchev–Trinajstić information content (AvgIpc) is 3.17. The fourth-order valence-electron chi connectivity index (χ4n) is 3.50. The second-order valence-corrected chi connectivity index (χ2v) is 7.63. The average molecular weight is 427 g/mol. The molecule has 9 nitrogen and oxygen atoms in total. The number of fused-ring (bicyclic) bond motifs is 1. The van der Waals surface area contributed by atoms with E-state index in [2.05, 4.69) is 20.6 Å². The summed E-state index contributed by atoms with van der Waals surface area (Å²) in [5, 5.41) is 24.5. The molecule has 1 fully saturated rings. The highest BCUT2D eigenvalue weighted by Gasteiger charge is 2.15. The SMILES string of the molecule is COCCC(=O)NC1CCCCC1.Nc1ccc2nnc(Cc3ccc(O)cc3)n2n1. The maximum absolute atomic E-state index is 11.3. The van der Waals surface area contributed by atoms with Gasteiger partial charge in [-0.3, -0.25) is 4.79 Å². The van der Waals surface area contributed by atoms with Gasteiger partial charge < -0.3 is 20.9 Å². The summed E-state index contributed by atoms with van der Waals surface area (Å²) in [6, 6.07) is 10.8. The van der Waals surface area contributed by atoms with E-state index in [1.807, 2.05) is 12.1 Å². The van der Waals surface area contributed by atoms with Gasteiger partial charge in [-0.15, -0.1) is 15.3 Å². The molecule has 4 rings (SSSR count). The van der Waals surface area contributed by atoms with Crippen LogP contribution in [-0.2, 0) is 16.0 Å². The molecule has 0 saturated heterocycles. The van der Waals surface area contributed by atoms with Crippen LogP contribution in [0.3, 0.4) is 0 Å². The van der Waals surface area contributed by atoms with Crippen LogP contribution in [0.5, 0.6) is 5.75 Å². The van der Waals surface area contributed by atoms with Crippen molar-refractivity contribution in [3.63, 3.8) is 0 Å². The number of methoxy groups -OCH3 is 1. The quantitative estimate of drug-likeness (QED) is 0.552. The Bertz CT molecular complexity index is 967. The Morgan fingerprint density at radius 1 is 1.16 bits per heavy atom. The van der Waals surface area contributed by atoms with Gasteiger partial charge in [0.25, 0.3) is 0 Å². The first kappa shape index (κ1) is 22.5. The second kappa shape index (κ2) is 11.3. The molecule has 1 aliphatic rings. The summed E-state index contributed by atoms with van der Waals surface area (Å²) in [5.74, 6) is 1.51. The minimum Gasteiger partial charge on any atom is -0.508 e. The lowest BCUT2D eigenvalue weighted by atomic mass is 9.95. The van der Waals surface area contributed by atoms with Crippen molar-refractivity contribution in [2.24, 2.45) is 0 Å². The Labute approximate surface area is 181 Å². The van der Waals surface area contributed by atoms with E-state index in [1.165, 1.54) is 19.3 Å². The van der Waals surface area contributed by atoms with Crippen molar-refractivity contribution < 1.29 is 14.6 Å². The molecule has 9 heteroatoms. The monoisotopic (exact) mass is 426 g/mol. The number of rotatable bonds is 6. The van der Waals surface area contributed by atoms with Crippen LogP contribution < -0.4 is 11.1 Å². The minimum atomic E-state index is 0.133. The molecule has 1 aromatic carbocycles. The van der Waals surface area contributed by atoms with E-state index < -0.39 is 0 Å². The molecule has 0 spiro atoms. The van der Waals surface area contributed by atoms with Crippen LogP contribution in [0.1, 0.15) is 49.9 Å². The lowest BCUT2D eigenvalue weighted by Crippen LogP contribution is -2.36. The van der Waals surface area contributed by atoms with E-state index in [4.69, 9.17) is 10.5 Å². The van der Waals surface area contributed by atoms with Gasteiger partial charge in [0, 0.05) is 26.0 Å². The molecule has 166 valence electrons. The summed E-state index contributed by atoms with van der Waals surface area (Å²) in [5.41, 5.74) is 7.33. The third kappa shape index (κ3) is 6.92. The molecular weight excluding hydrogens is 396 g/mol. The Kier molecular flexibility index (Phi) is 8.17. The summed E-state index contributed by atoms with van der Waals surface area (Å²) >= 11 is 0. The van der Waals surface area contributed by atoms with Gasteiger partial charge in [0.05, 0.1) is 6.61 Å². The summed E-state index contributed by atoms with van der Waals surface area (Å²) in [6.07, 6.45) is 7.22. The van der Waals surface area contributed by atoms with Crippen molar-refractivity contribution in [3.05, 3.63) is 47.8 Å². The van der Waals surface area contributed by atoms with Gasteiger partial charge in [0.15, 0.2) is 11.5 Å². The number of hydrogen-bond donors (Lipinski definition) is 3. The molecule has 0 aliphatic heterocycles. The molecule has 0 radical (unpaired) electrons. The lowest BCUT2D eigenvalue weighted by Gasteiger charge is -2.22. The number of nitrogens with zero attached hydrogens (tertiary/aromatic N) is 4. The van der Waals surface area contributed by atoms with E-state index in [1.54, 1.807) is 35.9 Å². The normalized spacial score (nSPS) is 14.1. The standard InChI is InChI=1S/C12H11N5O.C10H19NO2/c13-10-5-6-11-14-15-12(17(11)16-10)7-8-1-3-9(18)4-2-8;1-13-8-7-10(12)11-9-5-3-2-4-6-9/h1-6,18H,7H2,(H2,13,16);9H,2-8H2,1H3,(H,11,12). The third-order valence-corrected chi connectivity index (χ3v) is 5.15. The van der Waals surface area contributed by atoms with E-state index >= 15 is 0 Å². The number of phenols is 1. The van der Waals surface area contributed by atoms with Crippen LogP contribution in [0.2, 0.25) is 0 Å². The van der Waals surface area contributed by atoms with Crippen LogP contribution >= 0.6 is 0 Å². The molecule has 3 aromatic rings. The van der Waals surface area contributed by atoms with E-state index in [0.717, 1.165) is 18.4 Å². The molecular formula is C22H30N6O3. The molecule has 0 unspecified atom stereocenters. The number of hydrogen-bond acceptors (Lipinski definition) is 7. The summed E-state index contributed by atoms with van der Waals surface area (Å²) < 4.78 is 6.47. The molecule has 1 aliphatic carbocycles. The molecule has 2 aromatic heterocycles. The Hall–Kier alpha value is -3.20. The number of nitrogens with two attached hydrogens (primary N) is 1. The predicted octanol–water partition coefficient (Wildman–Crippen LogP) is 2.47. The molecule has 0 bridgehead atoms. The molecule has 31 heavy (non-hydrogen) atoms. The van der Waals surface area contributed by atoms with Crippen molar-refractivity contribution in [3.8, 4) is 5.75 Å². The number of carbonyl (C=O) groups is 1. The van der Waals surface area contributed by atoms with Gasteiger partial charge in [0.1, 0.15) is 11.6 Å². The van der Waals surface area contributed by atoms with Gasteiger partial charge in [-0.2, -0.15) is 4.52 Å². The van der Waals surface area contributed by atoms with Crippen molar-refractivity contribution in [2.75, 3.05) is 19.5 Å². The van der Waals surface area contributed by atoms with Crippen molar-refractivity contribution >= 4 is 17.4 Å². The fraction of sp³-hybridized carbons (Fsp3) is 0.455. The molecule has 4 N–H and O–H groups in total.